The van der Waals surface area contributed by atoms with E-state index in [2.05, 4.69) is 9.47 Å². The molecule has 0 radical (unpaired) electrons. The van der Waals surface area contributed by atoms with Gasteiger partial charge in [-0.2, -0.15) is 0 Å². The minimum absolute atomic E-state index is 0.502. The number of esters is 1. The molecule has 0 heterocycles. The Hall–Kier alpha value is -1.90. The molecule has 106 valence electrons. The molecule has 1 unspecified atom stereocenters. The van der Waals surface area contributed by atoms with Crippen molar-refractivity contribution < 1.29 is 36.2 Å². The molecular formula is C10H8F5NO3. The summed E-state index contributed by atoms with van der Waals surface area (Å²) in [7, 11) is 0.955. The number of methoxy groups -OCH3 is 1. The van der Waals surface area contributed by atoms with Crippen LogP contribution in [0.1, 0.15) is 11.6 Å². The van der Waals surface area contributed by atoms with Gasteiger partial charge in [0, 0.05) is 5.56 Å². The minimum Gasteiger partial charge on any atom is -0.468 e. The lowest BCUT2D eigenvalue weighted by atomic mass is 10.1. The maximum atomic E-state index is 13.7. The zero-order valence-electron chi connectivity index (χ0n) is 9.42. The van der Waals surface area contributed by atoms with Gasteiger partial charge in [-0.1, -0.05) is 6.07 Å². The van der Waals surface area contributed by atoms with Gasteiger partial charge in [-0.3, -0.25) is 4.79 Å². The number of halogens is 5. The summed E-state index contributed by atoms with van der Waals surface area (Å²) in [6, 6.07) is -0.459. The van der Waals surface area contributed by atoms with Crippen LogP contribution in [0.25, 0.3) is 0 Å². The lowest BCUT2D eigenvalue weighted by molar-refractivity contribution is -0.276. The van der Waals surface area contributed by atoms with Crippen molar-refractivity contribution in [1.29, 1.82) is 0 Å². The highest BCUT2D eigenvalue weighted by molar-refractivity contribution is 5.77. The zero-order chi connectivity index (χ0) is 14.8. The molecule has 2 N–H and O–H groups in total. The van der Waals surface area contributed by atoms with Crippen molar-refractivity contribution >= 4 is 5.97 Å². The third-order valence-corrected chi connectivity index (χ3v) is 2.09. The van der Waals surface area contributed by atoms with E-state index in [1.165, 1.54) is 0 Å². The van der Waals surface area contributed by atoms with Gasteiger partial charge in [-0.15, -0.1) is 13.2 Å². The molecule has 1 atom stereocenters. The standard InChI is InChI=1S/C10H8F5NO3/c1-18-9(17)7(16)4-2-3-5(11)8(6(4)12)19-10(13,14)15/h2-3,7H,16H2,1H3. The van der Waals surface area contributed by atoms with E-state index in [0.29, 0.717) is 6.07 Å². The molecule has 1 aromatic rings. The zero-order valence-corrected chi connectivity index (χ0v) is 9.42. The Balaban J connectivity index is 3.24. The van der Waals surface area contributed by atoms with Crippen LogP contribution in [-0.2, 0) is 9.53 Å². The first kappa shape index (κ1) is 15.2. The first-order chi connectivity index (χ1) is 8.67. The monoisotopic (exact) mass is 285 g/mol. The number of carbonyl (C=O) groups excluding carboxylic acids is 1. The van der Waals surface area contributed by atoms with Crippen LogP contribution in [-0.4, -0.2) is 19.4 Å². The molecule has 9 heteroatoms. The quantitative estimate of drug-likeness (QED) is 0.682. The van der Waals surface area contributed by atoms with Gasteiger partial charge in [0.05, 0.1) is 7.11 Å². The summed E-state index contributed by atoms with van der Waals surface area (Å²) >= 11 is 0. The fourth-order valence-corrected chi connectivity index (χ4v) is 1.25. The van der Waals surface area contributed by atoms with Crippen LogP contribution in [0.15, 0.2) is 12.1 Å². The summed E-state index contributed by atoms with van der Waals surface area (Å²) in [5.41, 5.74) is 4.59. The van der Waals surface area contributed by atoms with Crippen molar-refractivity contribution in [1.82, 2.24) is 0 Å². The molecule has 0 aliphatic rings. The Labute approximate surface area is 103 Å². The van der Waals surface area contributed by atoms with Gasteiger partial charge in [-0.05, 0) is 6.07 Å². The Morgan fingerprint density at radius 2 is 1.89 bits per heavy atom. The van der Waals surface area contributed by atoms with E-state index >= 15 is 0 Å². The lowest BCUT2D eigenvalue weighted by Crippen LogP contribution is -2.25. The summed E-state index contributed by atoms with van der Waals surface area (Å²) in [6.07, 6.45) is -5.28. The van der Waals surface area contributed by atoms with Crippen molar-refractivity contribution in [3.8, 4) is 5.75 Å². The lowest BCUT2D eigenvalue weighted by Gasteiger charge is -2.15. The predicted molar refractivity (Wildman–Crippen MR) is 52.0 cm³/mol. The predicted octanol–water partition coefficient (Wildman–Crippen LogP) is 2.04. The fourth-order valence-electron chi connectivity index (χ4n) is 1.25. The van der Waals surface area contributed by atoms with Gasteiger partial charge in [0.25, 0.3) is 0 Å². The van der Waals surface area contributed by atoms with Gasteiger partial charge in [0.15, 0.2) is 11.6 Å². The van der Waals surface area contributed by atoms with Crippen LogP contribution >= 0.6 is 0 Å². The molecule has 0 aliphatic heterocycles. The molecule has 0 fully saturated rings. The first-order valence-electron chi connectivity index (χ1n) is 4.74. The number of ether oxygens (including phenoxy) is 2. The Kier molecular flexibility index (Phi) is 4.30. The molecule has 4 nitrogen and oxygen atoms in total. The highest BCUT2D eigenvalue weighted by Crippen LogP contribution is 2.32. The number of nitrogens with two attached hydrogens (primary N) is 1. The normalized spacial score (nSPS) is 13.0. The minimum atomic E-state index is -5.28. The van der Waals surface area contributed by atoms with Gasteiger partial charge in [-0.25, -0.2) is 8.78 Å². The smallest absolute Gasteiger partial charge is 0.468 e. The molecule has 0 bridgehead atoms. The molecule has 0 saturated heterocycles. The van der Waals surface area contributed by atoms with Crippen molar-refractivity contribution in [3.05, 3.63) is 29.3 Å². The maximum Gasteiger partial charge on any atom is 0.573 e. The summed E-state index contributed by atoms with van der Waals surface area (Å²) in [4.78, 5) is 11.1. The van der Waals surface area contributed by atoms with Crippen LogP contribution in [0, 0.1) is 11.6 Å². The third-order valence-electron chi connectivity index (χ3n) is 2.09. The second-order valence-corrected chi connectivity index (χ2v) is 3.33. The van der Waals surface area contributed by atoms with Crippen molar-refractivity contribution in [2.24, 2.45) is 5.73 Å². The third kappa shape index (κ3) is 3.53. The van der Waals surface area contributed by atoms with E-state index in [1.807, 2.05) is 0 Å². The number of hydrogen-bond acceptors (Lipinski definition) is 4. The van der Waals surface area contributed by atoms with Crippen LogP contribution in [0.5, 0.6) is 5.75 Å². The molecule has 0 amide bonds. The maximum absolute atomic E-state index is 13.7. The van der Waals surface area contributed by atoms with Crippen LogP contribution < -0.4 is 10.5 Å². The number of alkyl halides is 3. The highest BCUT2D eigenvalue weighted by Gasteiger charge is 2.35. The van der Waals surface area contributed by atoms with Gasteiger partial charge in [0.1, 0.15) is 6.04 Å². The summed E-state index contributed by atoms with van der Waals surface area (Å²) in [5, 5.41) is 0. The SMILES string of the molecule is COC(=O)C(N)c1ccc(F)c(OC(F)(F)F)c1F. The molecule has 1 aromatic carbocycles. The van der Waals surface area contributed by atoms with E-state index in [4.69, 9.17) is 5.73 Å². The molecule has 1 rings (SSSR count). The van der Waals surface area contributed by atoms with Gasteiger partial charge in [0.2, 0.25) is 5.75 Å². The molecule has 19 heavy (non-hydrogen) atoms. The summed E-state index contributed by atoms with van der Waals surface area (Å²) in [5.74, 6) is -6.06. The average molecular weight is 285 g/mol. The van der Waals surface area contributed by atoms with Crippen molar-refractivity contribution in [3.63, 3.8) is 0 Å². The van der Waals surface area contributed by atoms with E-state index < -0.39 is 41.3 Å². The largest absolute Gasteiger partial charge is 0.573 e. The molecule has 0 saturated carbocycles. The van der Waals surface area contributed by atoms with Crippen LogP contribution in [0.4, 0.5) is 22.0 Å². The van der Waals surface area contributed by atoms with E-state index in [0.717, 1.165) is 13.2 Å². The van der Waals surface area contributed by atoms with E-state index in [9.17, 15) is 26.7 Å². The van der Waals surface area contributed by atoms with E-state index in [1.54, 1.807) is 0 Å². The average Bonchev–Trinajstić information content (AvgIpc) is 2.31. The number of benzene rings is 1. The molecule has 0 aromatic heterocycles. The van der Waals surface area contributed by atoms with Crippen molar-refractivity contribution in [2.75, 3.05) is 7.11 Å². The summed E-state index contributed by atoms with van der Waals surface area (Å²) in [6.45, 7) is 0. The van der Waals surface area contributed by atoms with Crippen LogP contribution in [0.2, 0.25) is 0 Å². The summed E-state index contributed by atoms with van der Waals surface area (Å²) < 4.78 is 70.1. The van der Waals surface area contributed by atoms with Crippen molar-refractivity contribution in [2.45, 2.75) is 12.4 Å². The Morgan fingerprint density at radius 3 is 2.37 bits per heavy atom. The Morgan fingerprint density at radius 1 is 1.32 bits per heavy atom. The number of rotatable bonds is 3. The van der Waals surface area contributed by atoms with Gasteiger partial charge >= 0.3 is 12.3 Å². The molecular weight excluding hydrogens is 277 g/mol. The van der Waals surface area contributed by atoms with Gasteiger partial charge < -0.3 is 15.2 Å². The highest BCUT2D eigenvalue weighted by atomic mass is 19.4. The first-order valence-corrected chi connectivity index (χ1v) is 4.74. The Bertz CT molecular complexity index is 489. The molecule has 0 aliphatic carbocycles. The fraction of sp³-hybridized carbons (Fsp3) is 0.300. The van der Waals surface area contributed by atoms with E-state index in [-0.39, 0.29) is 0 Å². The number of carbonyl (C=O) groups is 1. The number of hydrogen-bond donors (Lipinski definition) is 1. The second kappa shape index (κ2) is 5.39. The van der Waals surface area contributed by atoms with Crippen LogP contribution in [0.3, 0.4) is 0 Å². The topological polar surface area (TPSA) is 61.5 Å². The molecule has 0 spiro atoms. The second-order valence-electron chi connectivity index (χ2n) is 3.33.